The molecule has 8 nitrogen and oxygen atoms in total. The molecule has 2 aromatic heterocycles. The normalized spacial score (nSPS) is 10.4. The number of nitrogens with zero attached hydrogens (tertiary/aromatic N) is 3. The van der Waals surface area contributed by atoms with E-state index in [2.05, 4.69) is 26.0 Å². The summed E-state index contributed by atoms with van der Waals surface area (Å²) in [6.45, 7) is 0. The molecule has 2 heterocycles. The van der Waals surface area contributed by atoms with Crippen LogP contribution < -0.4 is 10.9 Å². The van der Waals surface area contributed by atoms with Crippen molar-refractivity contribution in [1.82, 2.24) is 26.0 Å². The predicted octanol–water partition coefficient (Wildman–Crippen LogP) is 2.11. The van der Waals surface area contributed by atoms with Crippen LogP contribution in [0.2, 0.25) is 5.02 Å². The number of hydrazine groups is 1. The molecule has 2 amide bonds. The molecule has 27 heavy (non-hydrogen) atoms. The van der Waals surface area contributed by atoms with Crippen LogP contribution in [-0.4, -0.2) is 26.9 Å². The van der Waals surface area contributed by atoms with Gasteiger partial charge in [0.15, 0.2) is 0 Å². The number of pyridine rings is 1. The van der Waals surface area contributed by atoms with E-state index in [1.54, 1.807) is 42.7 Å². The Kier molecular flexibility index (Phi) is 6.11. The second kappa shape index (κ2) is 8.91. The third-order valence-corrected chi connectivity index (χ3v) is 3.83. The quantitative estimate of drug-likeness (QED) is 0.629. The number of carbonyl (C=O) groups is 2. The van der Waals surface area contributed by atoms with Crippen LogP contribution in [0, 0.1) is 0 Å². The minimum atomic E-state index is -0.361. The lowest BCUT2D eigenvalue weighted by Gasteiger charge is -2.06. The van der Waals surface area contributed by atoms with E-state index in [1.807, 2.05) is 6.07 Å². The summed E-state index contributed by atoms with van der Waals surface area (Å²) in [7, 11) is 0. The number of carbonyl (C=O) groups excluding carboxylic acids is 2. The molecule has 0 aliphatic rings. The summed E-state index contributed by atoms with van der Waals surface area (Å²) in [4.78, 5) is 31.9. The van der Waals surface area contributed by atoms with Crippen molar-refractivity contribution < 1.29 is 14.1 Å². The lowest BCUT2D eigenvalue weighted by atomic mass is 10.1. The Balaban J connectivity index is 1.41. The van der Waals surface area contributed by atoms with Gasteiger partial charge in [0.05, 0.1) is 6.42 Å². The van der Waals surface area contributed by atoms with E-state index in [0.29, 0.717) is 16.7 Å². The van der Waals surface area contributed by atoms with Crippen LogP contribution in [-0.2, 0) is 22.4 Å². The molecular weight excluding hydrogens is 370 g/mol. The van der Waals surface area contributed by atoms with Gasteiger partial charge in [-0.3, -0.25) is 25.4 Å². The zero-order valence-electron chi connectivity index (χ0n) is 14.2. The Hall–Kier alpha value is -3.26. The third kappa shape index (κ3) is 5.61. The van der Waals surface area contributed by atoms with Crippen molar-refractivity contribution in [3.8, 4) is 11.4 Å². The molecule has 0 saturated carbocycles. The van der Waals surface area contributed by atoms with E-state index in [-0.39, 0.29) is 31.1 Å². The molecule has 0 saturated heterocycles. The summed E-state index contributed by atoms with van der Waals surface area (Å²) in [5.74, 6) is 0.0502. The molecule has 138 valence electrons. The molecule has 3 aromatic rings. The van der Waals surface area contributed by atoms with E-state index in [4.69, 9.17) is 16.1 Å². The average Bonchev–Trinajstić information content (AvgIpc) is 3.16. The van der Waals surface area contributed by atoms with Gasteiger partial charge in [-0.2, -0.15) is 4.98 Å². The van der Waals surface area contributed by atoms with E-state index in [9.17, 15) is 9.59 Å². The van der Waals surface area contributed by atoms with Crippen LogP contribution in [0.25, 0.3) is 11.4 Å². The van der Waals surface area contributed by atoms with Crippen molar-refractivity contribution in [2.45, 2.75) is 19.3 Å². The fraction of sp³-hybridized carbons (Fsp3) is 0.167. The second-order valence-electron chi connectivity index (χ2n) is 5.65. The first-order valence-corrected chi connectivity index (χ1v) is 8.53. The molecule has 0 aliphatic heterocycles. The van der Waals surface area contributed by atoms with Crippen LogP contribution >= 0.6 is 11.6 Å². The molecule has 9 heteroatoms. The maximum absolute atomic E-state index is 11.9. The first kappa shape index (κ1) is 18.5. The van der Waals surface area contributed by atoms with Crippen LogP contribution in [0.15, 0.2) is 53.3 Å². The van der Waals surface area contributed by atoms with Crippen molar-refractivity contribution >= 4 is 23.4 Å². The summed E-state index contributed by atoms with van der Waals surface area (Å²) in [6, 6.07) is 10.5. The summed E-state index contributed by atoms with van der Waals surface area (Å²) < 4.78 is 5.12. The zero-order valence-corrected chi connectivity index (χ0v) is 14.9. The van der Waals surface area contributed by atoms with Gasteiger partial charge in [-0.25, -0.2) is 0 Å². The topological polar surface area (TPSA) is 110 Å². The number of hydrogen-bond donors (Lipinski definition) is 2. The van der Waals surface area contributed by atoms with Gasteiger partial charge in [0.25, 0.3) is 0 Å². The van der Waals surface area contributed by atoms with Gasteiger partial charge in [-0.05, 0) is 29.8 Å². The van der Waals surface area contributed by atoms with Gasteiger partial charge in [-0.15, -0.1) is 0 Å². The molecule has 2 N–H and O–H groups in total. The fourth-order valence-corrected chi connectivity index (χ4v) is 2.35. The number of aromatic nitrogens is 3. The largest absolute Gasteiger partial charge is 0.339 e. The Labute approximate surface area is 159 Å². The number of hydrogen-bond acceptors (Lipinski definition) is 6. The summed E-state index contributed by atoms with van der Waals surface area (Å²) in [5, 5.41) is 4.45. The van der Waals surface area contributed by atoms with Crippen molar-refractivity contribution in [3.63, 3.8) is 0 Å². The average molecular weight is 386 g/mol. The lowest BCUT2D eigenvalue weighted by Crippen LogP contribution is -2.42. The number of rotatable bonds is 6. The molecule has 0 unspecified atom stereocenters. The number of amides is 2. The van der Waals surface area contributed by atoms with Crippen LogP contribution in [0.3, 0.4) is 0 Å². The second-order valence-corrected chi connectivity index (χ2v) is 6.09. The minimum Gasteiger partial charge on any atom is -0.339 e. The first-order valence-electron chi connectivity index (χ1n) is 8.15. The molecule has 0 bridgehead atoms. The summed E-state index contributed by atoms with van der Waals surface area (Å²) in [5.41, 5.74) is 6.24. The zero-order chi connectivity index (χ0) is 19.1. The van der Waals surface area contributed by atoms with E-state index < -0.39 is 0 Å². The van der Waals surface area contributed by atoms with Crippen LogP contribution in [0.5, 0.6) is 0 Å². The first-order chi connectivity index (χ1) is 13.1. The molecule has 3 rings (SSSR count). The van der Waals surface area contributed by atoms with Crippen molar-refractivity contribution in [3.05, 3.63) is 65.3 Å². The van der Waals surface area contributed by atoms with Gasteiger partial charge >= 0.3 is 0 Å². The highest BCUT2D eigenvalue weighted by atomic mass is 35.5. The molecular formula is C18H16ClN5O3. The number of aryl methyl sites for hydroxylation is 1. The van der Waals surface area contributed by atoms with E-state index in [0.717, 1.165) is 11.1 Å². The lowest BCUT2D eigenvalue weighted by molar-refractivity contribution is -0.128. The van der Waals surface area contributed by atoms with Gasteiger partial charge in [0.2, 0.25) is 23.5 Å². The maximum Gasteiger partial charge on any atom is 0.242 e. The number of nitrogens with one attached hydrogen (secondary N) is 2. The minimum absolute atomic E-state index is 0.0932. The van der Waals surface area contributed by atoms with Crippen molar-refractivity contribution in [2.24, 2.45) is 0 Å². The molecule has 0 aliphatic carbocycles. The smallest absolute Gasteiger partial charge is 0.242 e. The van der Waals surface area contributed by atoms with Crippen LogP contribution in [0.4, 0.5) is 0 Å². The molecule has 0 fully saturated rings. The monoisotopic (exact) mass is 385 g/mol. The number of halogens is 1. The van der Waals surface area contributed by atoms with E-state index >= 15 is 0 Å². The van der Waals surface area contributed by atoms with Gasteiger partial charge in [0.1, 0.15) is 0 Å². The van der Waals surface area contributed by atoms with Crippen LogP contribution in [0.1, 0.15) is 17.9 Å². The highest BCUT2D eigenvalue weighted by Gasteiger charge is 2.11. The standard InChI is InChI=1S/C18H16ClN5O3/c19-14-5-3-12(4-6-14)10-16(26)23-22-15(25)7-8-17-21-18(24-27-17)13-2-1-9-20-11-13/h1-6,9,11H,7-8,10H2,(H,22,25)(H,23,26). The predicted molar refractivity (Wildman–Crippen MR) is 97.3 cm³/mol. The Morgan fingerprint density at radius 1 is 1.07 bits per heavy atom. The summed E-state index contributed by atoms with van der Waals surface area (Å²) in [6.07, 6.45) is 3.76. The Morgan fingerprint density at radius 2 is 1.85 bits per heavy atom. The molecule has 1 aromatic carbocycles. The van der Waals surface area contributed by atoms with Crippen molar-refractivity contribution in [1.29, 1.82) is 0 Å². The summed E-state index contributed by atoms with van der Waals surface area (Å²) >= 11 is 5.79. The highest BCUT2D eigenvalue weighted by molar-refractivity contribution is 6.30. The molecule has 0 radical (unpaired) electrons. The van der Waals surface area contributed by atoms with E-state index in [1.165, 1.54) is 0 Å². The molecule has 0 atom stereocenters. The third-order valence-electron chi connectivity index (χ3n) is 3.57. The fourth-order valence-electron chi connectivity index (χ4n) is 2.22. The van der Waals surface area contributed by atoms with Gasteiger partial charge in [-0.1, -0.05) is 28.9 Å². The Morgan fingerprint density at radius 3 is 2.59 bits per heavy atom. The van der Waals surface area contributed by atoms with Gasteiger partial charge < -0.3 is 4.52 Å². The SMILES string of the molecule is O=C(CCc1nc(-c2cccnc2)no1)NNC(=O)Cc1ccc(Cl)cc1. The highest BCUT2D eigenvalue weighted by Crippen LogP contribution is 2.14. The van der Waals surface area contributed by atoms with Crippen molar-refractivity contribution in [2.75, 3.05) is 0 Å². The number of benzene rings is 1. The Bertz CT molecular complexity index is 912. The molecule has 0 spiro atoms. The maximum atomic E-state index is 11.9. The van der Waals surface area contributed by atoms with Gasteiger partial charge in [0, 0.05) is 35.8 Å².